The number of halogens is 1. The van der Waals surface area contributed by atoms with Crippen LogP contribution in [0.2, 0.25) is 5.02 Å². The fraction of sp³-hybridized carbons (Fsp3) is 0.412. The van der Waals surface area contributed by atoms with Gasteiger partial charge in [-0.3, -0.25) is 4.79 Å². The highest BCUT2D eigenvalue weighted by Crippen LogP contribution is 2.22. The van der Waals surface area contributed by atoms with E-state index in [1.807, 2.05) is 49.9 Å². The van der Waals surface area contributed by atoms with Gasteiger partial charge in [-0.15, -0.1) is 0 Å². The Bertz CT molecular complexity index is 724. The Morgan fingerprint density at radius 1 is 1.30 bits per heavy atom. The van der Waals surface area contributed by atoms with Crippen LogP contribution >= 0.6 is 11.6 Å². The summed E-state index contributed by atoms with van der Waals surface area (Å²) in [6, 6.07) is 7.46. The largest absolute Gasteiger partial charge is 0.375 e. The van der Waals surface area contributed by atoms with Gasteiger partial charge in [0.25, 0.3) is 5.91 Å². The summed E-state index contributed by atoms with van der Waals surface area (Å²) in [6.45, 7) is 7.65. The summed E-state index contributed by atoms with van der Waals surface area (Å²) in [5, 5.41) is 5.10. The van der Waals surface area contributed by atoms with Crippen molar-refractivity contribution in [1.82, 2.24) is 14.7 Å². The quantitative estimate of drug-likeness (QED) is 0.848. The van der Waals surface area contributed by atoms with Crippen LogP contribution in [0.25, 0.3) is 5.69 Å². The molecule has 0 N–H and O–H groups in total. The van der Waals surface area contributed by atoms with Gasteiger partial charge in [0.2, 0.25) is 0 Å². The molecular weight excluding hydrogens is 314 g/mol. The maximum absolute atomic E-state index is 12.5. The topological polar surface area (TPSA) is 47.4 Å². The molecule has 3 rings (SSSR count). The monoisotopic (exact) mass is 333 g/mol. The Morgan fingerprint density at radius 3 is 2.57 bits per heavy atom. The Labute approximate surface area is 140 Å². The molecule has 0 unspecified atom stereocenters. The molecule has 0 radical (unpaired) electrons. The van der Waals surface area contributed by atoms with Gasteiger partial charge < -0.3 is 9.64 Å². The van der Waals surface area contributed by atoms with E-state index in [9.17, 15) is 4.79 Å². The molecule has 1 amide bonds. The standard InChI is InChI=1S/C17H20ClN3O2/c1-11-10-20(8-9-23-11)17(22)14-4-6-15(7-5-14)21-13(3)16(18)12(2)19-21/h4-7,11H,8-10H2,1-3H3/t11-/m1/s1. The van der Waals surface area contributed by atoms with Gasteiger partial charge in [0.15, 0.2) is 0 Å². The predicted octanol–water partition coefficient (Wildman–Crippen LogP) is 3.00. The van der Waals surface area contributed by atoms with E-state index in [0.717, 1.165) is 17.1 Å². The lowest BCUT2D eigenvalue weighted by atomic mass is 10.1. The van der Waals surface area contributed by atoms with Gasteiger partial charge in [-0.2, -0.15) is 5.10 Å². The van der Waals surface area contributed by atoms with Crippen molar-refractivity contribution in [3.63, 3.8) is 0 Å². The van der Waals surface area contributed by atoms with Crippen molar-refractivity contribution in [2.75, 3.05) is 19.7 Å². The minimum Gasteiger partial charge on any atom is -0.375 e. The first kappa shape index (κ1) is 16.0. The first-order valence-electron chi connectivity index (χ1n) is 7.70. The lowest BCUT2D eigenvalue weighted by molar-refractivity contribution is -0.0124. The van der Waals surface area contributed by atoms with Crippen molar-refractivity contribution in [2.24, 2.45) is 0 Å². The van der Waals surface area contributed by atoms with Crippen LogP contribution in [0.15, 0.2) is 24.3 Å². The number of carbonyl (C=O) groups excluding carboxylic acids is 1. The number of rotatable bonds is 2. The number of hydrogen-bond acceptors (Lipinski definition) is 3. The summed E-state index contributed by atoms with van der Waals surface area (Å²) in [7, 11) is 0. The molecule has 2 aromatic rings. The summed E-state index contributed by atoms with van der Waals surface area (Å²) in [6.07, 6.45) is 0.0869. The molecule has 6 heteroatoms. The number of amides is 1. The highest BCUT2D eigenvalue weighted by atomic mass is 35.5. The van der Waals surface area contributed by atoms with Crippen LogP contribution in [-0.2, 0) is 4.74 Å². The molecule has 1 aliphatic rings. The fourth-order valence-electron chi connectivity index (χ4n) is 2.81. The smallest absolute Gasteiger partial charge is 0.254 e. The SMILES string of the molecule is Cc1nn(-c2ccc(C(=O)N3CCO[C@H](C)C3)cc2)c(C)c1Cl. The van der Waals surface area contributed by atoms with Crippen LogP contribution in [0.3, 0.4) is 0 Å². The Balaban J connectivity index is 1.81. The van der Waals surface area contributed by atoms with E-state index in [4.69, 9.17) is 16.3 Å². The molecule has 5 nitrogen and oxygen atoms in total. The Kier molecular flexibility index (Phi) is 4.41. The zero-order valence-electron chi connectivity index (χ0n) is 13.5. The van der Waals surface area contributed by atoms with Crippen molar-refractivity contribution in [3.8, 4) is 5.69 Å². The number of carbonyl (C=O) groups is 1. The van der Waals surface area contributed by atoms with Gasteiger partial charge in [-0.25, -0.2) is 4.68 Å². The van der Waals surface area contributed by atoms with E-state index in [1.54, 1.807) is 4.68 Å². The molecule has 1 fully saturated rings. The van der Waals surface area contributed by atoms with Crippen LogP contribution in [0, 0.1) is 13.8 Å². The first-order chi connectivity index (χ1) is 11.0. The Morgan fingerprint density at radius 2 is 2.00 bits per heavy atom. The molecule has 1 aliphatic heterocycles. The Hall–Kier alpha value is -1.85. The average molecular weight is 334 g/mol. The van der Waals surface area contributed by atoms with Crippen LogP contribution in [0.4, 0.5) is 0 Å². The number of benzene rings is 1. The molecule has 2 heterocycles. The predicted molar refractivity (Wildman–Crippen MR) is 89.4 cm³/mol. The average Bonchev–Trinajstić information content (AvgIpc) is 2.82. The molecule has 1 aromatic heterocycles. The van der Waals surface area contributed by atoms with Crippen molar-refractivity contribution in [1.29, 1.82) is 0 Å². The molecule has 0 saturated carbocycles. The second-order valence-corrected chi connectivity index (χ2v) is 6.25. The molecule has 0 bridgehead atoms. The molecule has 1 aromatic carbocycles. The minimum absolute atomic E-state index is 0.0399. The third-order valence-electron chi connectivity index (χ3n) is 4.09. The van der Waals surface area contributed by atoms with E-state index in [0.29, 0.717) is 30.3 Å². The number of nitrogens with zero attached hydrogens (tertiary/aromatic N) is 3. The normalized spacial score (nSPS) is 18.3. The molecule has 122 valence electrons. The van der Waals surface area contributed by atoms with Crippen LogP contribution in [0.1, 0.15) is 28.7 Å². The molecule has 0 spiro atoms. The number of morpholine rings is 1. The summed E-state index contributed by atoms with van der Waals surface area (Å²) >= 11 is 6.19. The summed E-state index contributed by atoms with van der Waals surface area (Å²) in [5.74, 6) is 0.0399. The maximum atomic E-state index is 12.5. The second kappa shape index (κ2) is 6.34. The van der Waals surface area contributed by atoms with E-state index in [-0.39, 0.29) is 12.0 Å². The van der Waals surface area contributed by atoms with Crippen molar-refractivity contribution < 1.29 is 9.53 Å². The van der Waals surface area contributed by atoms with Gasteiger partial charge >= 0.3 is 0 Å². The van der Waals surface area contributed by atoms with Gasteiger partial charge in [-0.1, -0.05) is 11.6 Å². The highest BCUT2D eigenvalue weighted by Gasteiger charge is 2.22. The minimum atomic E-state index is 0.0399. The van der Waals surface area contributed by atoms with E-state index in [2.05, 4.69) is 5.10 Å². The van der Waals surface area contributed by atoms with Crippen molar-refractivity contribution >= 4 is 17.5 Å². The number of aromatic nitrogens is 2. The van der Waals surface area contributed by atoms with Gasteiger partial charge in [0.1, 0.15) is 0 Å². The van der Waals surface area contributed by atoms with Crippen molar-refractivity contribution in [2.45, 2.75) is 26.9 Å². The number of hydrogen-bond donors (Lipinski definition) is 0. The summed E-state index contributed by atoms with van der Waals surface area (Å²) in [4.78, 5) is 14.4. The molecule has 23 heavy (non-hydrogen) atoms. The van der Waals surface area contributed by atoms with Crippen LogP contribution in [-0.4, -0.2) is 46.4 Å². The molecule has 1 saturated heterocycles. The summed E-state index contributed by atoms with van der Waals surface area (Å²) in [5.41, 5.74) is 3.26. The first-order valence-corrected chi connectivity index (χ1v) is 8.08. The van der Waals surface area contributed by atoms with E-state index < -0.39 is 0 Å². The maximum Gasteiger partial charge on any atom is 0.254 e. The zero-order chi connectivity index (χ0) is 16.6. The number of ether oxygens (including phenoxy) is 1. The third kappa shape index (κ3) is 3.12. The summed E-state index contributed by atoms with van der Waals surface area (Å²) < 4.78 is 7.27. The van der Waals surface area contributed by atoms with Crippen molar-refractivity contribution in [3.05, 3.63) is 46.2 Å². The second-order valence-electron chi connectivity index (χ2n) is 5.88. The van der Waals surface area contributed by atoms with Gasteiger partial charge in [0.05, 0.1) is 34.8 Å². The zero-order valence-corrected chi connectivity index (χ0v) is 14.3. The lowest BCUT2D eigenvalue weighted by Gasteiger charge is -2.31. The van der Waals surface area contributed by atoms with Gasteiger partial charge in [0, 0.05) is 18.7 Å². The van der Waals surface area contributed by atoms with Crippen LogP contribution < -0.4 is 0 Å². The van der Waals surface area contributed by atoms with Gasteiger partial charge in [-0.05, 0) is 45.0 Å². The fourth-order valence-corrected chi connectivity index (χ4v) is 2.92. The van der Waals surface area contributed by atoms with Crippen LogP contribution in [0.5, 0.6) is 0 Å². The molecule has 1 atom stereocenters. The molecular formula is C17H20ClN3O2. The van der Waals surface area contributed by atoms with E-state index >= 15 is 0 Å². The van der Waals surface area contributed by atoms with E-state index in [1.165, 1.54) is 0 Å². The highest BCUT2D eigenvalue weighted by molar-refractivity contribution is 6.31. The third-order valence-corrected chi connectivity index (χ3v) is 4.64. The number of aryl methyl sites for hydroxylation is 1. The lowest BCUT2D eigenvalue weighted by Crippen LogP contribution is -2.44. The molecule has 0 aliphatic carbocycles.